The van der Waals surface area contributed by atoms with E-state index in [4.69, 9.17) is 9.47 Å². The molecule has 0 saturated carbocycles. The van der Waals surface area contributed by atoms with Gasteiger partial charge in [-0.1, -0.05) is 0 Å². The van der Waals surface area contributed by atoms with Crippen molar-refractivity contribution in [1.29, 1.82) is 0 Å². The summed E-state index contributed by atoms with van der Waals surface area (Å²) < 4.78 is 41.7. The second kappa shape index (κ2) is 11.0. The highest BCUT2D eigenvalue weighted by Crippen LogP contribution is 2.30. The Morgan fingerprint density at radius 2 is 1.72 bits per heavy atom. The van der Waals surface area contributed by atoms with Gasteiger partial charge in [0.1, 0.15) is 17.1 Å². The Labute approximate surface area is 240 Å². The van der Waals surface area contributed by atoms with Gasteiger partial charge in [-0.15, -0.1) is 0 Å². The maximum absolute atomic E-state index is 15.2. The van der Waals surface area contributed by atoms with Crippen LogP contribution in [-0.2, 0) is 0 Å². The van der Waals surface area contributed by atoms with Crippen molar-refractivity contribution in [2.24, 2.45) is 0 Å². The predicted molar refractivity (Wildman–Crippen MR) is 152 cm³/mol. The first kappa shape index (κ1) is 27.1. The molecule has 2 N–H and O–H groups in total. The SMILES string of the molecule is COc1ccc(-c2cc(Oc3ccc(NC(=O)c4c[nH]c(=O)n(-c5ccc(F)cc5)c4=O)cc3F)n3nccc3n2)cc1. The van der Waals surface area contributed by atoms with Crippen molar-refractivity contribution in [3.05, 3.63) is 129 Å². The summed E-state index contributed by atoms with van der Waals surface area (Å²) in [7, 11) is 1.57. The molecule has 43 heavy (non-hydrogen) atoms. The van der Waals surface area contributed by atoms with Crippen molar-refractivity contribution in [2.45, 2.75) is 0 Å². The van der Waals surface area contributed by atoms with Crippen LogP contribution >= 0.6 is 0 Å². The minimum Gasteiger partial charge on any atom is -0.497 e. The zero-order valence-electron chi connectivity index (χ0n) is 22.2. The topological polar surface area (TPSA) is 133 Å². The summed E-state index contributed by atoms with van der Waals surface area (Å²) in [6, 6.07) is 18.8. The second-order valence-corrected chi connectivity index (χ2v) is 9.14. The Morgan fingerprint density at radius 3 is 2.44 bits per heavy atom. The number of halogens is 2. The lowest BCUT2D eigenvalue weighted by molar-refractivity contribution is 0.102. The molecule has 1 amide bonds. The van der Waals surface area contributed by atoms with Gasteiger partial charge in [0.05, 0.1) is 24.7 Å². The molecular weight excluding hydrogens is 562 g/mol. The van der Waals surface area contributed by atoms with E-state index in [1.807, 2.05) is 12.1 Å². The van der Waals surface area contributed by atoms with E-state index in [1.54, 1.807) is 31.4 Å². The van der Waals surface area contributed by atoms with Gasteiger partial charge in [-0.05, 0) is 60.7 Å². The summed E-state index contributed by atoms with van der Waals surface area (Å²) in [4.78, 5) is 45.0. The molecule has 0 fully saturated rings. The van der Waals surface area contributed by atoms with Gasteiger partial charge in [0.2, 0.25) is 5.88 Å². The maximum Gasteiger partial charge on any atom is 0.333 e. The van der Waals surface area contributed by atoms with E-state index >= 15 is 4.39 Å². The molecule has 6 rings (SSSR count). The van der Waals surface area contributed by atoms with Crippen molar-refractivity contribution in [3.8, 4) is 34.3 Å². The molecule has 214 valence electrons. The highest BCUT2D eigenvalue weighted by molar-refractivity contribution is 6.03. The summed E-state index contributed by atoms with van der Waals surface area (Å²) in [6.07, 6.45) is 2.48. The molecule has 0 aliphatic heterocycles. The molecule has 3 aromatic carbocycles. The second-order valence-electron chi connectivity index (χ2n) is 9.14. The van der Waals surface area contributed by atoms with E-state index in [2.05, 4.69) is 20.4 Å². The fraction of sp³-hybridized carbons (Fsp3) is 0.0333. The van der Waals surface area contributed by atoms with Crippen LogP contribution in [0, 0.1) is 11.6 Å². The lowest BCUT2D eigenvalue weighted by Gasteiger charge is -2.12. The highest BCUT2D eigenvalue weighted by Gasteiger charge is 2.18. The lowest BCUT2D eigenvalue weighted by Crippen LogP contribution is -2.38. The first-order chi connectivity index (χ1) is 20.8. The van der Waals surface area contributed by atoms with E-state index < -0.39 is 34.4 Å². The number of nitrogens with one attached hydrogen (secondary N) is 2. The van der Waals surface area contributed by atoms with E-state index in [0.717, 1.165) is 30.0 Å². The molecular formula is C30H20F2N6O5. The average molecular weight is 583 g/mol. The Balaban J connectivity index is 1.26. The van der Waals surface area contributed by atoms with Crippen molar-refractivity contribution in [2.75, 3.05) is 12.4 Å². The Bertz CT molecular complexity index is 2100. The number of aromatic nitrogens is 5. The first-order valence-electron chi connectivity index (χ1n) is 12.7. The number of ether oxygens (including phenoxy) is 2. The number of amides is 1. The van der Waals surface area contributed by atoms with Crippen LogP contribution in [0.3, 0.4) is 0 Å². The lowest BCUT2D eigenvalue weighted by atomic mass is 10.1. The summed E-state index contributed by atoms with van der Waals surface area (Å²) in [5, 5.41) is 6.64. The standard InChI is InChI=1S/C30H20F2N6O5/c1-42-21-9-2-17(3-10-21)24-15-27(38-26(36-24)12-13-34-38)43-25-11-6-19(14-23(25)32)35-28(39)22-16-33-30(41)37(29(22)40)20-7-4-18(31)5-8-20/h2-16H,1H3,(H,33,41)(H,35,39). The number of hydrogen-bond acceptors (Lipinski definition) is 7. The zero-order valence-corrected chi connectivity index (χ0v) is 22.2. The van der Waals surface area contributed by atoms with Gasteiger partial charge < -0.3 is 19.8 Å². The molecule has 0 atom stereocenters. The predicted octanol–water partition coefficient (Wildman–Crippen LogP) is 4.57. The number of anilines is 1. The van der Waals surface area contributed by atoms with E-state index in [0.29, 0.717) is 21.7 Å². The minimum atomic E-state index is -0.943. The molecule has 0 aliphatic rings. The number of rotatable bonds is 7. The van der Waals surface area contributed by atoms with E-state index in [-0.39, 0.29) is 23.0 Å². The molecule has 0 aliphatic carbocycles. The number of aromatic amines is 1. The number of carbonyl (C=O) groups is 1. The van der Waals surface area contributed by atoms with Crippen LogP contribution in [0.2, 0.25) is 0 Å². The monoisotopic (exact) mass is 582 g/mol. The highest BCUT2D eigenvalue weighted by atomic mass is 19.1. The largest absolute Gasteiger partial charge is 0.497 e. The Kier molecular flexibility index (Phi) is 6.96. The number of carbonyl (C=O) groups excluding carboxylic acids is 1. The molecule has 3 heterocycles. The van der Waals surface area contributed by atoms with E-state index in [9.17, 15) is 18.8 Å². The smallest absolute Gasteiger partial charge is 0.333 e. The number of H-pyrrole nitrogens is 1. The van der Waals surface area contributed by atoms with Crippen LogP contribution in [0.4, 0.5) is 14.5 Å². The molecule has 0 radical (unpaired) electrons. The van der Waals surface area contributed by atoms with Gasteiger partial charge in [-0.2, -0.15) is 9.61 Å². The molecule has 3 aromatic heterocycles. The summed E-state index contributed by atoms with van der Waals surface area (Å²) in [6.45, 7) is 0. The van der Waals surface area contributed by atoms with Gasteiger partial charge in [0.15, 0.2) is 17.2 Å². The number of benzene rings is 3. The first-order valence-corrected chi connectivity index (χ1v) is 12.7. The van der Waals surface area contributed by atoms with Crippen LogP contribution in [0.1, 0.15) is 10.4 Å². The van der Waals surface area contributed by atoms with E-state index in [1.165, 1.54) is 35.0 Å². The van der Waals surface area contributed by atoms with Crippen LogP contribution in [0.15, 0.2) is 101 Å². The fourth-order valence-electron chi connectivity index (χ4n) is 4.30. The third-order valence-corrected chi connectivity index (χ3v) is 6.42. The third kappa shape index (κ3) is 5.34. The number of nitrogens with zero attached hydrogens (tertiary/aromatic N) is 4. The fourth-order valence-corrected chi connectivity index (χ4v) is 4.30. The van der Waals surface area contributed by atoms with Crippen LogP contribution in [-0.4, -0.2) is 37.2 Å². The van der Waals surface area contributed by atoms with Crippen molar-refractivity contribution in [3.63, 3.8) is 0 Å². The summed E-state index contributed by atoms with van der Waals surface area (Å²) in [5.41, 5.74) is -0.302. The number of methoxy groups -OCH3 is 1. The summed E-state index contributed by atoms with van der Waals surface area (Å²) in [5.74, 6) is -1.57. The van der Waals surface area contributed by atoms with Gasteiger partial charge in [0.25, 0.3) is 11.5 Å². The molecule has 0 unspecified atom stereocenters. The Hall–Kier alpha value is -6.11. The zero-order chi connectivity index (χ0) is 30.1. The Morgan fingerprint density at radius 1 is 0.953 bits per heavy atom. The number of fused-ring (bicyclic) bond motifs is 1. The van der Waals surface area contributed by atoms with Crippen molar-refractivity contribution >= 4 is 17.2 Å². The van der Waals surface area contributed by atoms with Crippen molar-refractivity contribution < 1.29 is 23.0 Å². The maximum atomic E-state index is 15.2. The molecule has 0 spiro atoms. The molecule has 6 aromatic rings. The number of hydrogen-bond donors (Lipinski definition) is 2. The minimum absolute atomic E-state index is 0.0201. The molecule has 13 heteroatoms. The van der Waals surface area contributed by atoms with Gasteiger partial charge >= 0.3 is 5.69 Å². The van der Waals surface area contributed by atoms with Crippen LogP contribution < -0.4 is 26.0 Å². The van der Waals surface area contributed by atoms with Crippen LogP contribution in [0.25, 0.3) is 22.6 Å². The van der Waals surface area contributed by atoms with Gasteiger partial charge in [-0.25, -0.2) is 23.1 Å². The third-order valence-electron chi connectivity index (χ3n) is 6.42. The quantitative estimate of drug-likeness (QED) is 0.282. The molecule has 0 bridgehead atoms. The molecule has 0 saturated heterocycles. The van der Waals surface area contributed by atoms with Gasteiger partial charge in [0, 0.05) is 35.6 Å². The van der Waals surface area contributed by atoms with Crippen molar-refractivity contribution in [1.82, 2.24) is 24.1 Å². The normalized spacial score (nSPS) is 11.0. The summed E-state index contributed by atoms with van der Waals surface area (Å²) >= 11 is 0. The van der Waals surface area contributed by atoms with Gasteiger partial charge in [-0.3, -0.25) is 9.59 Å². The average Bonchev–Trinajstić information content (AvgIpc) is 3.49. The molecule has 11 nitrogen and oxygen atoms in total. The van der Waals surface area contributed by atoms with Crippen LogP contribution in [0.5, 0.6) is 17.4 Å².